The number of aromatic nitrogens is 2. The molecule has 0 spiro atoms. The second kappa shape index (κ2) is 6.23. The van der Waals surface area contributed by atoms with Crippen LogP contribution in [0.15, 0.2) is 36.7 Å². The van der Waals surface area contributed by atoms with E-state index in [0.717, 1.165) is 5.56 Å². The summed E-state index contributed by atoms with van der Waals surface area (Å²) in [6.45, 7) is 3.27. The molecule has 1 aromatic heterocycles. The summed E-state index contributed by atoms with van der Waals surface area (Å²) in [5.41, 5.74) is 0.791. The third-order valence-corrected chi connectivity index (χ3v) is 5.56. The summed E-state index contributed by atoms with van der Waals surface area (Å²) < 4.78 is 15.5. The summed E-state index contributed by atoms with van der Waals surface area (Å²) in [5.74, 6) is 0.278. The summed E-state index contributed by atoms with van der Waals surface area (Å²) in [5, 5.41) is 0. The molecule has 2 amide bonds. The minimum atomic E-state index is -0.312. The Kier molecular flexibility index (Phi) is 4.01. The molecule has 0 unspecified atom stereocenters. The van der Waals surface area contributed by atoms with Crippen LogP contribution in [0.2, 0.25) is 0 Å². The van der Waals surface area contributed by atoms with Gasteiger partial charge in [0, 0.05) is 57.8 Å². The van der Waals surface area contributed by atoms with Gasteiger partial charge in [0.15, 0.2) is 5.82 Å². The van der Waals surface area contributed by atoms with Crippen molar-refractivity contribution in [1.82, 2.24) is 19.4 Å². The van der Waals surface area contributed by atoms with Crippen LogP contribution < -0.4 is 0 Å². The van der Waals surface area contributed by atoms with Crippen molar-refractivity contribution >= 4 is 11.8 Å². The van der Waals surface area contributed by atoms with E-state index in [4.69, 9.17) is 0 Å². The highest BCUT2D eigenvalue weighted by Crippen LogP contribution is 2.45. The molecule has 3 atom stereocenters. The molecule has 0 radical (unpaired) electrons. The number of halogens is 1. The molecule has 2 saturated heterocycles. The lowest BCUT2D eigenvalue weighted by molar-refractivity contribution is -0.130. The number of hydrogen-bond donors (Lipinski definition) is 0. The number of aryl methyl sites for hydroxylation is 1. The monoisotopic (exact) mass is 356 g/mol. The summed E-state index contributed by atoms with van der Waals surface area (Å²) in [6.07, 6.45) is 3.36. The number of benzene rings is 1. The highest BCUT2D eigenvalue weighted by atomic mass is 19.1. The Hall–Kier alpha value is -2.70. The van der Waals surface area contributed by atoms with Crippen LogP contribution in [0.25, 0.3) is 0 Å². The van der Waals surface area contributed by atoms with Gasteiger partial charge in [-0.15, -0.1) is 0 Å². The Bertz CT molecular complexity index is 865. The maximum Gasteiger partial charge on any atom is 0.289 e. The molecular formula is C19H21FN4O2. The normalized spacial score (nSPS) is 24.8. The average molecular weight is 356 g/mol. The van der Waals surface area contributed by atoms with Crippen molar-refractivity contribution in [3.8, 4) is 0 Å². The fourth-order valence-electron chi connectivity index (χ4n) is 4.37. The molecule has 26 heavy (non-hydrogen) atoms. The molecule has 6 nitrogen and oxygen atoms in total. The van der Waals surface area contributed by atoms with Gasteiger partial charge in [0.2, 0.25) is 5.91 Å². The van der Waals surface area contributed by atoms with Gasteiger partial charge in [0.1, 0.15) is 5.82 Å². The predicted octanol–water partition coefficient (Wildman–Crippen LogP) is 1.85. The lowest BCUT2D eigenvalue weighted by atomic mass is 9.89. The zero-order chi connectivity index (χ0) is 18.4. The molecule has 2 aromatic rings. The van der Waals surface area contributed by atoms with Crippen LogP contribution in [0.3, 0.4) is 0 Å². The van der Waals surface area contributed by atoms with Crippen molar-refractivity contribution in [3.05, 3.63) is 53.9 Å². The largest absolute Gasteiger partial charge is 0.335 e. The van der Waals surface area contributed by atoms with E-state index >= 15 is 0 Å². The first-order valence-corrected chi connectivity index (χ1v) is 8.75. The van der Waals surface area contributed by atoms with Crippen LogP contribution in [0, 0.1) is 17.7 Å². The highest BCUT2D eigenvalue weighted by molar-refractivity contribution is 5.91. The van der Waals surface area contributed by atoms with Gasteiger partial charge in [-0.3, -0.25) is 9.59 Å². The van der Waals surface area contributed by atoms with E-state index in [1.54, 1.807) is 41.9 Å². The lowest BCUT2D eigenvalue weighted by Crippen LogP contribution is -2.37. The van der Waals surface area contributed by atoms with Crippen molar-refractivity contribution in [2.75, 3.05) is 19.6 Å². The predicted molar refractivity (Wildman–Crippen MR) is 92.6 cm³/mol. The first kappa shape index (κ1) is 16.8. The maximum atomic E-state index is 13.7. The van der Waals surface area contributed by atoms with E-state index in [1.165, 1.54) is 12.1 Å². The van der Waals surface area contributed by atoms with Gasteiger partial charge in [-0.05, 0) is 17.7 Å². The van der Waals surface area contributed by atoms with Crippen molar-refractivity contribution < 1.29 is 14.0 Å². The molecule has 1 aromatic carbocycles. The summed E-state index contributed by atoms with van der Waals surface area (Å²) in [4.78, 5) is 32.7. The third kappa shape index (κ3) is 2.67. The van der Waals surface area contributed by atoms with E-state index in [-0.39, 0.29) is 35.5 Å². The minimum Gasteiger partial charge on any atom is -0.335 e. The lowest BCUT2D eigenvalue weighted by Gasteiger charge is -2.29. The third-order valence-electron chi connectivity index (χ3n) is 5.56. The van der Waals surface area contributed by atoms with Crippen molar-refractivity contribution in [2.45, 2.75) is 13.0 Å². The van der Waals surface area contributed by atoms with Gasteiger partial charge in [0.05, 0.1) is 6.04 Å². The van der Waals surface area contributed by atoms with Gasteiger partial charge in [-0.1, -0.05) is 12.1 Å². The fourth-order valence-corrected chi connectivity index (χ4v) is 4.37. The zero-order valence-electron chi connectivity index (χ0n) is 14.8. The standard InChI is InChI=1S/C19H21FN4O2/c1-12(25)24-10-14-9-23(19(26)18-21-6-7-22(18)2)11-16(14)17(24)13-4-3-5-15(20)8-13/h3-8,14,16-17H,9-11H2,1-2H3/t14-,16-,17-/m1/s1. The average Bonchev–Trinajstić information content (AvgIpc) is 3.27. The van der Waals surface area contributed by atoms with Crippen LogP contribution in [0.1, 0.15) is 29.1 Å². The summed E-state index contributed by atoms with van der Waals surface area (Å²) >= 11 is 0. The number of nitrogens with zero attached hydrogens (tertiary/aromatic N) is 4. The maximum absolute atomic E-state index is 13.7. The molecule has 2 aliphatic heterocycles. The van der Waals surface area contributed by atoms with Crippen molar-refractivity contribution in [2.24, 2.45) is 18.9 Å². The second-order valence-corrected chi connectivity index (χ2v) is 7.17. The van der Waals surface area contributed by atoms with E-state index in [2.05, 4.69) is 4.98 Å². The number of likely N-dealkylation sites (tertiary alicyclic amines) is 2. The van der Waals surface area contributed by atoms with Crippen LogP contribution in [-0.2, 0) is 11.8 Å². The number of amides is 2. The van der Waals surface area contributed by atoms with Crippen LogP contribution in [0.5, 0.6) is 0 Å². The van der Waals surface area contributed by atoms with Gasteiger partial charge in [-0.2, -0.15) is 0 Å². The van der Waals surface area contributed by atoms with Gasteiger partial charge in [0.25, 0.3) is 5.91 Å². The summed E-state index contributed by atoms with van der Waals surface area (Å²) in [7, 11) is 1.80. The fraction of sp³-hybridized carbons (Fsp3) is 0.421. The molecule has 0 N–H and O–H groups in total. The second-order valence-electron chi connectivity index (χ2n) is 7.17. The Morgan fingerprint density at radius 2 is 2.04 bits per heavy atom. The molecule has 0 bridgehead atoms. The Morgan fingerprint density at radius 3 is 2.69 bits per heavy atom. The van der Waals surface area contributed by atoms with E-state index in [9.17, 15) is 14.0 Å². The van der Waals surface area contributed by atoms with Crippen molar-refractivity contribution in [1.29, 1.82) is 0 Å². The van der Waals surface area contributed by atoms with Gasteiger partial charge in [-0.25, -0.2) is 9.37 Å². The first-order chi connectivity index (χ1) is 12.5. The molecule has 2 fully saturated rings. The zero-order valence-corrected chi connectivity index (χ0v) is 14.8. The topological polar surface area (TPSA) is 58.4 Å². The van der Waals surface area contributed by atoms with Crippen LogP contribution in [0.4, 0.5) is 4.39 Å². The summed E-state index contributed by atoms with van der Waals surface area (Å²) in [6, 6.07) is 6.22. The van der Waals surface area contributed by atoms with E-state index in [1.807, 2.05) is 11.0 Å². The number of imidazole rings is 1. The Balaban J connectivity index is 1.61. The molecule has 0 aliphatic carbocycles. The number of fused-ring (bicyclic) bond motifs is 1. The van der Waals surface area contributed by atoms with Crippen LogP contribution in [-0.4, -0.2) is 50.8 Å². The number of hydrogen-bond acceptors (Lipinski definition) is 3. The number of carbonyl (C=O) groups is 2. The minimum absolute atomic E-state index is 0.0179. The van der Waals surface area contributed by atoms with Gasteiger partial charge < -0.3 is 14.4 Å². The molecule has 136 valence electrons. The SMILES string of the molecule is CC(=O)N1C[C@H]2CN(C(=O)c3nccn3C)C[C@H]2[C@H]1c1cccc(F)c1. The highest BCUT2D eigenvalue weighted by Gasteiger charge is 2.49. The molecule has 2 aliphatic rings. The number of carbonyl (C=O) groups excluding carboxylic acids is 2. The molecule has 7 heteroatoms. The van der Waals surface area contributed by atoms with Crippen LogP contribution >= 0.6 is 0 Å². The quantitative estimate of drug-likeness (QED) is 0.825. The Morgan fingerprint density at radius 1 is 1.23 bits per heavy atom. The Labute approximate surface area is 151 Å². The molecule has 3 heterocycles. The molecule has 0 saturated carbocycles. The molecular weight excluding hydrogens is 335 g/mol. The first-order valence-electron chi connectivity index (χ1n) is 8.75. The van der Waals surface area contributed by atoms with Gasteiger partial charge >= 0.3 is 0 Å². The molecule has 4 rings (SSSR count). The van der Waals surface area contributed by atoms with E-state index < -0.39 is 0 Å². The van der Waals surface area contributed by atoms with E-state index in [0.29, 0.717) is 25.5 Å². The smallest absolute Gasteiger partial charge is 0.289 e. The van der Waals surface area contributed by atoms with Crippen molar-refractivity contribution in [3.63, 3.8) is 0 Å². The number of rotatable bonds is 2.